The second-order valence-electron chi connectivity index (χ2n) is 6.51. The van der Waals surface area contributed by atoms with Crippen molar-refractivity contribution in [3.63, 3.8) is 0 Å². The van der Waals surface area contributed by atoms with E-state index in [-0.39, 0.29) is 17.9 Å². The molecule has 128 valence electrons. The van der Waals surface area contributed by atoms with Gasteiger partial charge in [-0.05, 0) is 43.8 Å². The van der Waals surface area contributed by atoms with E-state index < -0.39 is 5.54 Å². The zero-order valence-electron chi connectivity index (χ0n) is 14.1. The van der Waals surface area contributed by atoms with Crippen LogP contribution in [0.15, 0.2) is 36.4 Å². The van der Waals surface area contributed by atoms with E-state index in [1.54, 1.807) is 0 Å². The fourth-order valence-corrected chi connectivity index (χ4v) is 3.79. The lowest BCUT2D eigenvalue weighted by Gasteiger charge is -2.37. The number of hydrogen-bond acceptors (Lipinski definition) is 3. The second-order valence-corrected chi connectivity index (χ2v) is 6.51. The summed E-state index contributed by atoms with van der Waals surface area (Å²) in [6.07, 6.45) is 6.31. The smallest absolute Gasteiger partial charge is 0.323 e. The number of nitrogens with one attached hydrogen (secondary N) is 2. The molecule has 3 amide bonds. The lowest BCUT2D eigenvalue weighted by Crippen LogP contribution is -2.55. The van der Waals surface area contributed by atoms with Gasteiger partial charge < -0.3 is 10.6 Å². The molecule has 24 heavy (non-hydrogen) atoms. The number of carbonyl (C=O) groups excluding carboxylic acids is 2. The Hall–Kier alpha value is -2.14. The van der Waals surface area contributed by atoms with Crippen LogP contribution in [0.2, 0.25) is 0 Å². The van der Waals surface area contributed by atoms with Gasteiger partial charge in [-0.3, -0.25) is 9.69 Å². The maximum Gasteiger partial charge on any atom is 0.325 e. The molecule has 1 atom stereocenters. The van der Waals surface area contributed by atoms with Gasteiger partial charge in [0.05, 0.1) is 0 Å². The van der Waals surface area contributed by atoms with Crippen LogP contribution in [0.3, 0.4) is 0 Å². The summed E-state index contributed by atoms with van der Waals surface area (Å²) < 4.78 is 0. The fraction of sp³-hybridized carbons (Fsp3) is 0.474. The van der Waals surface area contributed by atoms with E-state index in [4.69, 9.17) is 0 Å². The molecule has 5 heteroatoms. The molecular weight excluding hydrogens is 302 g/mol. The van der Waals surface area contributed by atoms with Crippen LogP contribution in [0, 0.1) is 5.92 Å². The average molecular weight is 327 g/mol. The summed E-state index contributed by atoms with van der Waals surface area (Å²) in [6.45, 7) is 4.11. The summed E-state index contributed by atoms with van der Waals surface area (Å²) in [6, 6.07) is 9.61. The molecule has 0 spiro atoms. The Morgan fingerprint density at radius 1 is 1.21 bits per heavy atom. The fourth-order valence-electron chi connectivity index (χ4n) is 3.79. The first-order valence-electron chi connectivity index (χ1n) is 8.74. The summed E-state index contributed by atoms with van der Waals surface area (Å²) in [5.41, 5.74) is 0.337. The molecule has 2 heterocycles. The van der Waals surface area contributed by atoms with Crippen LogP contribution in [-0.2, 0) is 4.79 Å². The van der Waals surface area contributed by atoms with Crippen molar-refractivity contribution in [2.75, 3.05) is 19.6 Å². The minimum absolute atomic E-state index is 0.0698. The van der Waals surface area contributed by atoms with Crippen LogP contribution in [0.5, 0.6) is 0 Å². The number of urea groups is 1. The minimum Gasteiger partial charge on any atom is -0.323 e. The Bertz CT molecular complexity index is 623. The van der Waals surface area contributed by atoms with E-state index in [2.05, 4.69) is 10.6 Å². The monoisotopic (exact) mass is 327 g/mol. The van der Waals surface area contributed by atoms with Gasteiger partial charge in [-0.1, -0.05) is 49.4 Å². The second kappa shape index (κ2) is 7.18. The van der Waals surface area contributed by atoms with Gasteiger partial charge in [-0.15, -0.1) is 0 Å². The molecule has 0 radical (unpaired) electrons. The van der Waals surface area contributed by atoms with Gasteiger partial charge in [0.2, 0.25) is 0 Å². The van der Waals surface area contributed by atoms with Crippen LogP contribution < -0.4 is 10.6 Å². The first-order chi connectivity index (χ1) is 11.7. The van der Waals surface area contributed by atoms with Crippen molar-refractivity contribution in [1.82, 2.24) is 15.5 Å². The molecule has 2 aliphatic heterocycles. The minimum atomic E-state index is -0.722. The maximum atomic E-state index is 13.0. The molecule has 2 N–H and O–H groups in total. The molecule has 0 unspecified atom stereocenters. The molecule has 0 saturated carbocycles. The normalized spacial score (nSPS) is 25.5. The number of imide groups is 1. The van der Waals surface area contributed by atoms with Crippen LogP contribution in [0.25, 0.3) is 6.08 Å². The van der Waals surface area contributed by atoms with Gasteiger partial charge in [0.1, 0.15) is 5.54 Å². The van der Waals surface area contributed by atoms with E-state index in [1.165, 1.54) is 4.90 Å². The third-order valence-corrected chi connectivity index (χ3v) is 5.19. The topological polar surface area (TPSA) is 61.4 Å². The SMILES string of the molecule is CC[C@@]1(C2CCNCC2)NC(=O)N(C/C=C/c2ccccc2)C1=O. The summed E-state index contributed by atoms with van der Waals surface area (Å²) in [4.78, 5) is 26.7. The first kappa shape index (κ1) is 16.7. The molecule has 2 fully saturated rings. The highest BCUT2D eigenvalue weighted by atomic mass is 16.2. The third kappa shape index (κ3) is 3.08. The summed E-state index contributed by atoms with van der Waals surface area (Å²) in [7, 11) is 0. The Balaban J connectivity index is 1.72. The van der Waals surface area contributed by atoms with E-state index in [1.807, 2.05) is 49.4 Å². The van der Waals surface area contributed by atoms with Crippen LogP contribution in [0.1, 0.15) is 31.7 Å². The highest BCUT2D eigenvalue weighted by Crippen LogP contribution is 2.34. The number of hydrogen-bond donors (Lipinski definition) is 2. The Morgan fingerprint density at radius 2 is 1.92 bits per heavy atom. The van der Waals surface area contributed by atoms with Crippen molar-refractivity contribution in [3.05, 3.63) is 42.0 Å². The molecule has 5 nitrogen and oxygen atoms in total. The number of rotatable bonds is 5. The quantitative estimate of drug-likeness (QED) is 0.817. The molecule has 0 aromatic heterocycles. The number of benzene rings is 1. The standard InChI is InChI=1S/C19H25N3O2/c1-2-19(16-10-12-20-13-11-16)17(23)22(18(24)21-19)14-6-9-15-7-4-3-5-8-15/h3-9,16,20H,2,10-14H2,1H3,(H,21,24)/b9-6+/t19-/m0/s1. The molecule has 1 aromatic rings. The summed E-state index contributed by atoms with van der Waals surface area (Å²) in [5.74, 6) is 0.142. The van der Waals surface area contributed by atoms with Gasteiger partial charge in [0, 0.05) is 6.54 Å². The van der Waals surface area contributed by atoms with E-state index in [0.29, 0.717) is 13.0 Å². The summed E-state index contributed by atoms with van der Waals surface area (Å²) >= 11 is 0. The van der Waals surface area contributed by atoms with Crippen molar-refractivity contribution < 1.29 is 9.59 Å². The lowest BCUT2D eigenvalue weighted by atomic mass is 9.76. The highest BCUT2D eigenvalue weighted by Gasteiger charge is 2.54. The van der Waals surface area contributed by atoms with Gasteiger partial charge in [0.25, 0.3) is 5.91 Å². The number of piperidine rings is 1. The van der Waals surface area contributed by atoms with Gasteiger partial charge in [-0.25, -0.2) is 4.79 Å². The Labute approximate surface area is 143 Å². The number of carbonyl (C=O) groups is 2. The van der Waals surface area contributed by atoms with Crippen molar-refractivity contribution >= 4 is 18.0 Å². The average Bonchev–Trinajstić information content (AvgIpc) is 2.88. The zero-order chi connectivity index (χ0) is 17.0. The largest absolute Gasteiger partial charge is 0.325 e. The predicted molar refractivity (Wildman–Crippen MR) is 94.3 cm³/mol. The van der Waals surface area contributed by atoms with Crippen molar-refractivity contribution in [1.29, 1.82) is 0 Å². The van der Waals surface area contributed by atoms with Gasteiger partial charge in [0.15, 0.2) is 0 Å². The van der Waals surface area contributed by atoms with Crippen LogP contribution >= 0.6 is 0 Å². The number of amides is 3. The van der Waals surface area contributed by atoms with Crippen molar-refractivity contribution in [2.24, 2.45) is 5.92 Å². The van der Waals surface area contributed by atoms with E-state index >= 15 is 0 Å². The molecule has 3 rings (SSSR count). The molecular formula is C19H25N3O2. The Morgan fingerprint density at radius 3 is 2.58 bits per heavy atom. The van der Waals surface area contributed by atoms with Gasteiger partial charge >= 0.3 is 6.03 Å². The molecule has 0 aliphatic carbocycles. The Kier molecular flexibility index (Phi) is 5.00. The lowest BCUT2D eigenvalue weighted by molar-refractivity contribution is -0.133. The highest BCUT2D eigenvalue weighted by molar-refractivity contribution is 6.07. The molecule has 1 aromatic carbocycles. The molecule has 0 bridgehead atoms. The molecule has 2 aliphatic rings. The predicted octanol–water partition coefficient (Wildman–Crippen LogP) is 2.40. The van der Waals surface area contributed by atoms with Crippen molar-refractivity contribution in [2.45, 2.75) is 31.7 Å². The van der Waals surface area contributed by atoms with E-state index in [9.17, 15) is 9.59 Å². The van der Waals surface area contributed by atoms with Gasteiger partial charge in [-0.2, -0.15) is 0 Å². The summed E-state index contributed by atoms with van der Waals surface area (Å²) in [5, 5.41) is 6.33. The third-order valence-electron chi connectivity index (χ3n) is 5.19. The molecule has 2 saturated heterocycles. The first-order valence-corrected chi connectivity index (χ1v) is 8.74. The maximum absolute atomic E-state index is 13.0. The van der Waals surface area contributed by atoms with E-state index in [0.717, 1.165) is 31.5 Å². The number of nitrogens with zero attached hydrogens (tertiary/aromatic N) is 1. The zero-order valence-corrected chi connectivity index (χ0v) is 14.1. The van der Waals surface area contributed by atoms with Crippen LogP contribution in [0.4, 0.5) is 4.79 Å². The van der Waals surface area contributed by atoms with Crippen molar-refractivity contribution in [3.8, 4) is 0 Å². The van der Waals surface area contributed by atoms with Crippen LogP contribution in [-0.4, -0.2) is 42.0 Å².